The number of nitrogens with one attached hydrogen (secondary N) is 1. The predicted molar refractivity (Wildman–Crippen MR) is 98.6 cm³/mol. The first-order valence-electron chi connectivity index (χ1n) is 8.50. The normalized spacial score (nSPS) is 13.9. The van der Waals surface area contributed by atoms with Gasteiger partial charge in [-0.2, -0.15) is 4.98 Å². The average molecular weight is 334 g/mol. The van der Waals surface area contributed by atoms with E-state index in [2.05, 4.69) is 15.2 Å². The molecule has 25 heavy (non-hydrogen) atoms. The molecule has 0 aliphatic carbocycles. The Morgan fingerprint density at radius 3 is 2.32 bits per heavy atom. The van der Waals surface area contributed by atoms with E-state index in [-0.39, 0.29) is 5.82 Å². The number of aromatic nitrogens is 2. The Labute approximate surface area is 146 Å². The van der Waals surface area contributed by atoms with Crippen LogP contribution in [0.15, 0.2) is 60.7 Å². The van der Waals surface area contributed by atoms with Crippen molar-refractivity contribution in [3.8, 4) is 11.3 Å². The fraction of sp³-hybridized carbons (Fsp3) is 0.200. The lowest BCUT2D eigenvalue weighted by molar-refractivity contribution is 0.628. The van der Waals surface area contributed by atoms with E-state index >= 15 is 0 Å². The second-order valence-corrected chi connectivity index (χ2v) is 6.13. The van der Waals surface area contributed by atoms with Crippen LogP contribution in [-0.2, 0) is 0 Å². The highest BCUT2D eigenvalue weighted by molar-refractivity contribution is 5.67. The number of hydrogen-bond acceptors (Lipinski definition) is 4. The Kier molecular flexibility index (Phi) is 4.29. The SMILES string of the molecule is Fc1ccc(Nc2cc(-c3ccccc3)nc(N3CCCC3)n2)cc1. The molecule has 0 amide bonds. The summed E-state index contributed by atoms with van der Waals surface area (Å²) in [5.74, 6) is 1.20. The van der Waals surface area contributed by atoms with E-state index in [0.29, 0.717) is 5.82 Å². The summed E-state index contributed by atoms with van der Waals surface area (Å²) >= 11 is 0. The first kappa shape index (κ1) is 15.6. The molecule has 0 unspecified atom stereocenters. The van der Waals surface area contributed by atoms with Crippen molar-refractivity contribution in [3.63, 3.8) is 0 Å². The molecular formula is C20H19FN4. The smallest absolute Gasteiger partial charge is 0.227 e. The van der Waals surface area contributed by atoms with Crippen LogP contribution < -0.4 is 10.2 Å². The van der Waals surface area contributed by atoms with Gasteiger partial charge in [-0.1, -0.05) is 30.3 Å². The van der Waals surface area contributed by atoms with Gasteiger partial charge in [0.05, 0.1) is 5.69 Å². The molecule has 1 aliphatic rings. The van der Waals surface area contributed by atoms with Gasteiger partial charge >= 0.3 is 0 Å². The molecule has 3 aromatic rings. The Morgan fingerprint density at radius 1 is 0.880 bits per heavy atom. The van der Waals surface area contributed by atoms with E-state index in [1.54, 1.807) is 12.1 Å². The Hall–Kier alpha value is -2.95. The van der Waals surface area contributed by atoms with Gasteiger partial charge in [-0.25, -0.2) is 9.37 Å². The second-order valence-electron chi connectivity index (χ2n) is 6.13. The lowest BCUT2D eigenvalue weighted by Gasteiger charge is -2.18. The minimum absolute atomic E-state index is 0.254. The van der Waals surface area contributed by atoms with Crippen LogP contribution in [0.4, 0.5) is 21.8 Å². The molecule has 0 spiro atoms. The van der Waals surface area contributed by atoms with E-state index in [1.807, 2.05) is 36.4 Å². The molecule has 1 aromatic heterocycles. The van der Waals surface area contributed by atoms with Crippen molar-refractivity contribution in [1.82, 2.24) is 9.97 Å². The maximum absolute atomic E-state index is 13.1. The number of nitrogens with zero attached hydrogens (tertiary/aromatic N) is 3. The molecule has 4 rings (SSSR count). The zero-order chi connectivity index (χ0) is 17.1. The molecule has 5 heteroatoms. The van der Waals surface area contributed by atoms with Crippen LogP contribution in [0.5, 0.6) is 0 Å². The summed E-state index contributed by atoms with van der Waals surface area (Å²) in [6.45, 7) is 1.96. The Bertz CT molecular complexity index is 843. The number of hydrogen-bond donors (Lipinski definition) is 1. The van der Waals surface area contributed by atoms with Crippen molar-refractivity contribution in [3.05, 3.63) is 66.5 Å². The maximum atomic E-state index is 13.1. The van der Waals surface area contributed by atoms with Crippen LogP contribution in [0.3, 0.4) is 0 Å². The van der Waals surface area contributed by atoms with Crippen LogP contribution in [0.25, 0.3) is 11.3 Å². The summed E-state index contributed by atoms with van der Waals surface area (Å²) < 4.78 is 13.1. The number of halogens is 1. The fourth-order valence-electron chi connectivity index (χ4n) is 3.00. The molecule has 126 valence electrons. The van der Waals surface area contributed by atoms with Gasteiger partial charge in [-0.3, -0.25) is 0 Å². The molecule has 1 fully saturated rings. The summed E-state index contributed by atoms with van der Waals surface area (Å²) in [4.78, 5) is 11.6. The summed E-state index contributed by atoms with van der Waals surface area (Å²) in [6, 6.07) is 18.3. The molecule has 2 heterocycles. The van der Waals surface area contributed by atoms with Crippen molar-refractivity contribution in [2.75, 3.05) is 23.3 Å². The minimum atomic E-state index is -0.254. The summed E-state index contributed by atoms with van der Waals surface area (Å²) in [5.41, 5.74) is 2.72. The van der Waals surface area contributed by atoms with Crippen LogP contribution in [0.1, 0.15) is 12.8 Å². The quantitative estimate of drug-likeness (QED) is 0.755. The summed E-state index contributed by atoms with van der Waals surface area (Å²) in [7, 11) is 0. The molecule has 0 bridgehead atoms. The molecule has 1 N–H and O–H groups in total. The van der Waals surface area contributed by atoms with Crippen molar-refractivity contribution in [2.45, 2.75) is 12.8 Å². The van der Waals surface area contributed by atoms with Crippen LogP contribution in [-0.4, -0.2) is 23.1 Å². The lowest BCUT2D eigenvalue weighted by atomic mass is 10.1. The summed E-state index contributed by atoms with van der Waals surface area (Å²) in [5, 5.41) is 3.26. The molecule has 0 radical (unpaired) electrons. The highest BCUT2D eigenvalue weighted by Crippen LogP contribution is 2.26. The van der Waals surface area contributed by atoms with Gasteiger partial charge in [0.15, 0.2) is 0 Å². The third kappa shape index (κ3) is 3.60. The van der Waals surface area contributed by atoms with Gasteiger partial charge < -0.3 is 10.2 Å². The largest absolute Gasteiger partial charge is 0.341 e. The molecule has 4 nitrogen and oxygen atoms in total. The van der Waals surface area contributed by atoms with E-state index in [0.717, 1.165) is 36.0 Å². The van der Waals surface area contributed by atoms with Gasteiger partial charge in [0.25, 0.3) is 0 Å². The topological polar surface area (TPSA) is 41.1 Å². The third-order valence-electron chi connectivity index (χ3n) is 4.29. The molecule has 1 aliphatic heterocycles. The van der Waals surface area contributed by atoms with E-state index < -0.39 is 0 Å². The molecule has 0 atom stereocenters. The van der Waals surface area contributed by atoms with E-state index in [4.69, 9.17) is 4.98 Å². The lowest BCUT2D eigenvalue weighted by Crippen LogP contribution is -2.21. The molecule has 0 saturated carbocycles. The van der Waals surface area contributed by atoms with Crippen molar-refractivity contribution in [1.29, 1.82) is 0 Å². The second kappa shape index (κ2) is 6.89. The average Bonchev–Trinajstić information content (AvgIpc) is 3.19. The highest BCUT2D eigenvalue weighted by Gasteiger charge is 2.17. The van der Waals surface area contributed by atoms with Gasteiger partial charge in [-0.15, -0.1) is 0 Å². The van der Waals surface area contributed by atoms with Gasteiger partial charge in [-0.05, 0) is 37.1 Å². The molecular weight excluding hydrogens is 315 g/mol. The third-order valence-corrected chi connectivity index (χ3v) is 4.29. The zero-order valence-corrected chi connectivity index (χ0v) is 13.8. The zero-order valence-electron chi connectivity index (χ0n) is 13.8. The van der Waals surface area contributed by atoms with Gasteiger partial charge in [0, 0.05) is 30.4 Å². The first-order valence-corrected chi connectivity index (χ1v) is 8.50. The van der Waals surface area contributed by atoms with Crippen LogP contribution >= 0.6 is 0 Å². The fourth-order valence-corrected chi connectivity index (χ4v) is 3.00. The van der Waals surface area contributed by atoms with Crippen LogP contribution in [0.2, 0.25) is 0 Å². The van der Waals surface area contributed by atoms with E-state index in [9.17, 15) is 4.39 Å². The number of anilines is 3. The maximum Gasteiger partial charge on any atom is 0.227 e. The van der Waals surface area contributed by atoms with E-state index in [1.165, 1.54) is 25.0 Å². The van der Waals surface area contributed by atoms with Gasteiger partial charge in [0.1, 0.15) is 11.6 Å². The number of benzene rings is 2. The molecule has 1 saturated heterocycles. The monoisotopic (exact) mass is 334 g/mol. The minimum Gasteiger partial charge on any atom is -0.341 e. The predicted octanol–water partition coefficient (Wildman–Crippen LogP) is 4.63. The summed E-state index contributed by atoms with van der Waals surface area (Å²) in [6.07, 6.45) is 2.33. The van der Waals surface area contributed by atoms with Crippen molar-refractivity contribution < 1.29 is 4.39 Å². The number of rotatable bonds is 4. The van der Waals surface area contributed by atoms with Crippen molar-refractivity contribution >= 4 is 17.5 Å². The highest BCUT2D eigenvalue weighted by atomic mass is 19.1. The van der Waals surface area contributed by atoms with Gasteiger partial charge in [0.2, 0.25) is 5.95 Å². The molecule has 2 aromatic carbocycles. The van der Waals surface area contributed by atoms with Crippen LogP contribution in [0, 0.1) is 5.82 Å². The standard InChI is InChI=1S/C20H19FN4/c21-16-8-10-17(11-9-16)22-19-14-18(15-6-2-1-3-7-15)23-20(24-19)25-12-4-5-13-25/h1-3,6-11,14H,4-5,12-13H2,(H,22,23,24). The first-order chi connectivity index (χ1) is 12.3. The Morgan fingerprint density at radius 2 is 1.60 bits per heavy atom. The Balaban J connectivity index is 1.71. The van der Waals surface area contributed by atoms with Crippen molar-refractivity contribution in [2.24, 2.45) is 0 Å².